The second kappa shape index (κ2) is 7.46. The molecule has 0 spiro atoms. The van der Waals surface area contributed by atoms with Crippen LogP contribution in [0.25, 0.3) is 0 Å². The molecule has 0 N–H and O–H groups in total. The van der Waals surface area contributed by atoms with Crippen molar-refractivity contribution in [1.29, 1.82) is 0 Å². The third-order valence-electron chi connectivity index (χ3n) is 5.03. The molecule has 0 aliphatic carbocycles. The highest BCUT2D eigenvalue weighted by Gasteiger charge is 2.39. The molecule has 1 atom stereocenters. The average Bonchev–Trinajstić information content (AvgIpc) is 3.36. The Morgan fingerprint density at radius 3 is 2.86 bits per heavy atom. The summed E-state index contributed by atoms with van der Waals surface area (Å²) < 4.78 is 12.7. The highest BCUT2D eigenvalue weighted by molar-refractivity contribution is 5.92. The van der Waals surface area contributed by atoms with Gasteiger partial charge in [-0.25, -0.2) is 0 Å². The molecule has 1 aromatic carbocycles. The SMILES string of the molecule is Cn1ccc(C(=O)N2CCCC(C)(c3noc(COc4ccccc4)n3)C2)n1. The Hall–Kier alpha value is -3.16. The standard InChI is InChI=1S/C20H23N5O3/c1-20(10-6-11-25(14-20)18(26)16-9-12-24(2)22-16)19-21-17(28-23-19)13-27-15-7-4-3-5-8-15/h3-5,7-9,12H,6,10-11,13-14H2,1-2H3. The molecule has 0 bridgehead atoms. The molecular formula is C20H23N5O3. The topological polar surface area (TPSA) is 86.3 Å². The molecule has 1 unspecified atom stereocenters. The maximum atomic E-state index is 12.8. The van der Waals surface area contributed by atoms with Crippen molar-refractivity contribution < 1.29 is 14.1 Å². The van der Waals surface area contributed by atoms with Crippen LogP contribution in [0.5, 0.6) is 5.75 Å². The normalized spacial score (nSPS) is 19.6. The summed E-state index contributed by atoms with van der Waals surface area (Å²) in [4.78, 5) is 19.1. The Morgan fingerprint density at radius 2 is 2.11 bits per heavy atom. The van der Waals surface area contributed by atoms with Crippen molar-refractivity contribution in [1.82, 2.24) is 24.8 Å². The Morgan fingerprint density at radius 1 is 1.29 bits per heavy atom. The minimum absolute atomic E-state index is 0.0670. The largest absolute Gasteiger partial charge is 0.484 e. The molecule has 4 rings (SSSR count). The molecule has 1 saturated heterocycles. The van der Waals surface area contributed by atoms with Crippen molar-refractivity contribution in [3.63, 3.8) is 0 Å². The van der Waals surface area contributed by atoms with E-state index in [4.69, 9.17) is 9.26 Å². The number of carbonyl (C=O) groups excluding carboxylic acids is 1. The zero-order chi connectivity index (χ0) is 19.6. The van der Waals surface area contributed by atoms with Crippen molar-refractivity contribution in [3.8, 4) is 5.75 Å². The quantitative estimate of drug-likeness (QED) is 0.675. The highest BCUT2D eigenvalue weighted by Crippen LogP contribution is 2.32. The minimum Gasteiger partial charge on any atom is -0.484 e. The summed E-state index contributed by atoms with van der Waals surface area (Å²) in [6.45, 7) is 3.51. The number of rotatable bonds is 5. The van der Waals surface area contributed by atoms with Crippen LogP contribution >= 0.6 is 0 Å². The number of para-hydroxylation sites is 1. The number of carbonyl (C=O) groups is 1. The first kappa shape index (κ1) is 18.2. The van der Waals surface area contributed by atoms with Gasteiger partial charge in [-0.15, -0.1) is 0 Å². The third kappa shape index (κ3) is 3.76. The van der Waals surface area contributed by atoms with Crippen LogP contribution in [-0.2, 0) is 19.1 Å². The maximum absolute atomic E-state index is 12.8. The Bertz CT molecular complexity index is 952. The molecule has 0 saturated carbocycles. The van der Waals surface area contributed by atoms with Crippen molar-refractivity contribution in [2.75, 3.05) is 13.1 Å². The molecule has 2 aromatic heterocycles. The van der Waals surface area contributed by atoms with Gasteiger partial charge in [0.1, 0.15) is 11.4 Å². The van der Waals surface area contributed by atoms with Gasteiger partial charge in [0.2, 0.25) is 0 Å². The molecule has 1 aliphatic rings. The first-order chi connectivity index (χ1) is 13.5. The summed E-state index contributed by atoms with van der Waals surface area (Å²) in [5.74, 6) is 1.71. The molecule has 3 heterocycles. The van der Waals surface area contributed by atoms with E-state index in [1.807, 2.05) is 35.2 Å². The van der Waals surface area contributed by atoms with E-state index < -0.39 is 0 Å². The summed E-state index contributed by atoms with van der Waals surface area (Å²) >= 11 is 0. The molecule has 8 nitrogen and oxygen atoms in total. The fourth-order valence-corrected chi connectivity index (χ4v) is 3.51. The van der Waals surface area contributed by atoms with Crippen LogP contribution in [0.3, 0.4) is 0 Å². The number of likely N-dealkylation sites (tertiary alicyclic amines) is 1. The van der Waals surface area contributed by atoms with Gasteiger partial charge in [0.25, 0.3) is 11.8 Å². The van der Waals surface area contributed by atoms with E-state index >= 15 is 0 Å². The zero-order valence-electron chi connectivity index (χ0n) is 16.0. The van der Waals surface area contributed by atoms with Gasteiger partial charge < -0.3 is 14.2 Å². The van der Waals surface area contributed by atoms with Crippen LogP contribution in [0.1, 0.15) is 42.0 Å². The monoisotopic (exact) mass is 381 g/mol. The number of hydrogen-bond donors (Lipinski definition) is 0. The van der Waals surface area contributed by atoms with Gasteiger partial charge >= 0.3 is 0 Å². The first-order valence-corrected chi connectivity index (χ1v) is 9.33. The van der Waals surface area contributed by atoms with Gasteiger partial charge in [-0.05, 0) is 31.0 Å². The second-order valence-corrected chi connectivity index (χ2v) is 7.38. The number of aromatic nitrogens is 4. The lowest BCUT2D eigenvalue weighted by atomic mass is 9.81. The molecular weight excluding hydrogens is 358 g/mol. The van der Waals surface area contributed by atoms with E-state index in [9.17, 15) is 4.79 Å². The van der Waals surface area contributed by atoms with Gasteiger partial charge in [0.05, 0.1) is 0 Å². The fourth-order valence-electron chi connectivity index (χ4n) is 3.51. The summed E-state index contributed by atoms with van der Waals surface area (Å²) in [6, 6.07) is 11.2. The summed E-state index contributed by atoms with van der Waals surface area (Å²) in [6.07, 6.45) is 3.53. The van der Waals surface area contributed by atoms with Gasteiger partial charge in [-0.3, -0.25) is 9.48 Å². The van der Waals surface area contributed by atoms with E-state index in [0.717, 1.165) is 18.6 Å². The zero-order valence-corrected chi connectivity index (χ0v) is 16.0. The Labute approximate surface area is 163 Å². The molecule has 1 amide bonds. The van der Waals surface area contributed by atoms with Crippen molar-refractivity contribution >= 4 is 5.91 Å². The number of aryl methyl sites for hydroxylation is 1. The van der Waals surface area contributed by atoms with Crippen molar-refractivity contribution in [3.05, 3.63) is 60.0 Å². The van der Waals surface area contributed by atoms with E-state index in [-0.39, 0.29) is 17.9 Å². The summed E-state index contributed by atoms with van der Waals surface area (Å²) in [5, 5.41) is 8.39. The molecule has 8 heteroatoms. The van der Waals surface area contributed by atoms with E-state index in [0.29, 0.717) is 30.5 Å². The second-order valence-electron chi connectivity index (χ2n) is 7.38. The predicted octanol–water partition coefficient (Wildman–Crippen LogP) is 2.58. The minimum atomic E-state index is -0.364. The lowest BCUT2D eigenvalue weighted by Gasteiger charge is -2.38. The maximum Gasteiger partial charge on any atom is 0.274 e. The van der Waals surface area contributed by atoms with Crippen LogP contribution < -0.4 is 4.74 Å². The highest BCUT2D eigenvalue weighted by atomic mass is 16.5. The van der Waals surface area contributed by atoms with Crippen LogP contribution in [-0.4, -0.2) is 43.8 Å². The van der Waals surface area contributed by atoms with Crippen molar-refractivity contribution in [2.45, 2.75) is 31.8 Å². The Balaban J connectivity index is 1.44. The summed E-state index contributed by atoms with van der Waals surface area (Å²) in [7, 11) is 1.80. The lowest BCUT2D eigenvalue weighted by Crippen LogP contribution is -2.47. The molecule has 0 radical (unpaired) electrons. The van der Waals surface area contributed by atoms with Crippen LogP contribution in [0.2, 0.25) is 0 Å². The third-order valence-corrected chi connectivity index (χ3v) is 5.03. The smallest absolute Gasteiger partial charge is 0.274 e. The van der Waals surface area contributed by atoms with Gasteiger partial charge in [0.15, 0.2) is 12.4 Å². The predicted molar refractivity (Wildman–Crippen MR) is 101 cm³/mol. The van der Waals surface area contributed by atoms with E-state index in [2.05, 4.69) is 22.2 Å². The van der Waals surface area contributed by atoms with E-state index in [1.54, 1.807) is 24.0 Å². The number of ether oxygens (including phenoxy) is 1. The number of amides is 1. The number of piperidine rings is 1. The van der Waals surface area contributed by atoms with Crippen LogP contribution in [0.15, 0.2) is 47.1 Å². The number of hydrogen-bond acceptors (Lipinski definition) is 6. The lowest BCUT2D eigenvalue weighted by molar-refractivity contribution is 0.0635. The average molecular weight is 381 g/mol. The van der Waals surface area contributed by atoms with Gasteiger partial charge in [0, 0.05) is 31.7 Å². The molecule has 28 heavy (non-hydrogen) atoms. The van der Waals surface area contributed by atoms with Gasteiger partial charge in [-0.2, -0.15) is 10.1 Å². The van der Waals surface area contributed by atoms with E-state index in [1.165, 1.54) is 0 Å². The Kier molecular flexibility index (Phi) is 4.85. The molecule has 1 fully saturated rings. The molecule has 146 valence electrons. The van der Waals surface area contributed by atoms with Gasteiger partial charge in [-0.1, -0.05) is 30.3 Å². The number of nitrogens with zero attached hydrogens (tertiary/aromatic N) is 5. The van der Waals surface area contributed by atoms with Crippen LogP contribution in [0, 0.1) is 0 Å². The molecule has 3 aromatic rings. The fraction of sp³-hybridized carbons (Fsp3) is 0.400. The van der Waals surface area contributed by atoms with Crippen LogP contribution in [0.4, 0.5) is 0 Å². The number of benzene rings is 1. The summed E-state index contributed by atoms with van der Waals surface area (Å²) in [5.41, 5.74) is 0.0915. The first-order valence-electron chi connectivity index (χ1n) is 9.33. The van der Waals surface area contributed by atoms with Crippen molar-refractivity contribution in [2.24, 2.45) is 7.05 Å². The molecule has 1 aliphatic heterocycles.